The van der Waals surface area contributed by atoms with E-state index in [1.807, 2.05) is 30.6 Å². The highest BCUT2D eigenvalue weighted by molar-refractivity contribution is 7.98. The zero-order chi connectivity index (χ0) is 17.5. The van der Waals surface area contributed by atoms with E-state index in [-0.39, 0.29) is 0 Å². The van der Waals surface area contributed by atoms with Crippen LogP contribution in [-0.4, -0.2) is 26.0 Å². The molecule has 1 aliphatic heterocycles. The van der Waals surface area contributed by atoms with Crippen molar-refractivity contribution in [3.63, 3.8) is 0 Å². The first kappa shape index (κ1) is 15.6. The van der Waals surface area contributed by atoms with Gasteiger partial charge in [-0.2, -0.15) is 5.10 Å². The summed E-state index contributed by atoms with van der Waals surface area (Å²) in [6, 6.07) is 14.6. The molecule has 1 aromatic carbocycles. The number of aromatic nitrogens is 4. The lowest BCUT2D eigenvalue weighted by Gasteiger charge is -2.10. The van der Waals surface area contributed by atoms with Crippen LogP contribution in [0.3, 0.4) is 0 Å². The molecule has 0 amide bonds. The minimum absolute atomic E-state index is 0.926. The number of pyridine rings is 2. The maximum atomic E-state index is 4.92. The van der Waals surface area contributed by atoms with Gasteiger partial charge in [0.1, 0.15) is 5.69 Å². The molecule has 5 heteroatoms. The van der Waals surface area contributed by atoms with Crippen LogP contribution >= 0.6 is 11.8 Å². The van der Waals surface area contributed by atoms with Crippen molar-refractivity contribution in [1.29, 1.82) is 0 Å². The standard InChI is InChI=1S/C21H18N4S/c1-26-14-7-8-17-16(13-14)15(9-11-23-17)20-19-6-4-12-25(19)24-21(20)18-5-2-3-10-22-18/h2-3,5,7-11,13H,4,6,12H2,1H3. The average molecular weight is 358 g/mol. The van der Waals surface area contributed by atoms with Gasteiger partial charge < -0.3 is 0 Å². The Morgan fingerprint density at radius 1 is 1.04 bits per heavy atom. The smallest absolute Gasteiger partial charge is 0.119 e. The van der Waals surface area contributed by atoms with Crippen LogP contribution in [0.15, 0.2) is 59.8 Å². The van der Waals surface area contributed by atoms with Crippen molar-refractivity contribution >= 4 is 22.7 Å². The molecule has 0 spiro atoms. The molecule has 1 aliphatic rings. The number of thioether (sulfide) groups is 1. The molecule has 128 valence electrons. The average Bonchev–Trinajstić information content (AvgIpc) is 3.29. The Morgan fingerprint density at radius 2 is 2.00 bits per heavy atom. The van der Waals surface area contributed by atoms with E-state index in [0.717, 1.165) is 36.3 Å². The lowest BCUT2D eigenvalue weighted by atomic mass is 9.97. The van der Waals surface area contributed by atoms with E-state index in [1.165, 1.54) is 27.1 Å². The van der Waals surface area contributed by atoms with Gasteiger partial charge in [-0.1, -0.05) is 6.07 Å². The lowest BCUT2D eigenvalue weighted by molar-refractivity contribution is 0.658. The number of nitrogens with zero attached hydrogens (tertiary/aromatic N) is 4. The van der Waals surface area contributed by atoms with Gasteiger partial charge in [-0.25, -0.2) is 0 Å². The van der Waals surface area contributed by atoms with Crippen LogP contribution in [0.4, 0.5) is 0 Å². The number of fused-ring (bicyclic) bond motifs is 2. The molecule has 4 nitrogen and oxygen atoms in total. The second-order valence-corrected chi connectivity index (χ2v) is 7.33. The molecule has 3 aromatic heterocycles. The Hall–Kier alpha value is -2.66. The summed E-state index contributed by atoms with van der Waals surface area (Å²) in [5.74, 6) is 0. The number of aryl methyl sites for hydroxylation is 1. The summed E-state index contributed by atoms with van der Waals surface area (Å²) in [4.78, 5) is 10.4. The van der Waals surface area contributed by atoms with Gasteiger partial charge in [0.2, 0.25) is 0 Å². The summed E-state index contributed by atoms with van der Waals surface area (Å²) >= 11 is 1.75. The zero-order valence-electron chi connectivity index (χ0n) is 14.5. The minimum atomic E-state index is 0.926. The number of hydrogen-bond acceptors (Lipinski definition) is 4. The molecule has 0 unspecified atom stereocenters. The Bertz CT molecular complexity index is 1100. The highest BCUT2D eigenvalue weighted by atomic mass is 32.2. The van der Waals surface area contributed by atoms with Crippen LogP contribution < -0.4 is 0 Å². The van der Waals surface area contributed by atoms with Gasteiger partial charge >= 0.3 is 0 Å². The fourth-order valence-corrected chi connectivity index (χ4v) is 4.21. The van der Waals surface area contributed by atoms with Crippen molar-refractivity contribution in [3.05, 3.63) is 60.6 Å². The number of rotatable bonds is 3. The summed E-state index contributed by atoms with van der Waals surface area (Å²) in [6.07, 6.45) is 8.05. The summed E-state index contributed by atoms with van der Waals surface area (Å²) in [5, 5.41) is 6.10. The second kappa shape index (κ2) is 6.25. The van der Waals surface area contributed by atoms with E-state index in [1.54, 1.807) is 11.8 Å². The van der Waals surface area contributed by atoms with Gasteiger partial charge in [0.05, 0.1) is 11.2 Å². The summed E-state index contributed by atoms with van der Waals surface area (Å²) in [7, 11) is 0. The Kier molecular flexibility index (Phi) is 3.75. The van der Waals surface area contributed by atoms with Crippen LogP contribution in [0.2, 0.25) is 0 Å². The largest absolute Gasteiger partial charge is 0.268 e. The predicted octanol–water partition coefficient (Wildman–Crippen LogP) is 4.83. The molecule has 4 aromatic rings. The molecule has 0 saturated heterocycles. The quantitative estimate of drug-likeness (QED) is 0.492. The van der Waals surface area contributed by atoms with Gasteiger partial charge in [-0.15, -0.1) is 11.8 Å². The third kappa shape index (κ3) is 2.42. The first-order valence-electron chi connectivity index (χ1n) is 8.79. The van der Waals surface area contributed by atoms with E-state index < -0.39 is 0 Å². The van der Waals surface area contributed by atoms with Gasteiger partial charge in [-0.3, -0.25) is 14.6 Å². The maximum absolute atomic E-state index is 4.92. The van der Waals surface area contributed by atoms with Gasteiger partial charge in [0.25, 0.3) is 0 Å². The molecule has 0 saturated carbocycles. The fraction of sp³-hybridized carbons (Fsp3) is 0.190. The molecular formula is C21H18N4S. The molecule has 0 aliphatic carbocycles. The fourth-order valence-electron chi connectivity index (χ4n) is 3.77. The summed E-state index contributed by atoms with van der Waals surface area (Å²) in [6.45, 7) is 0.980. The summed E-state index contributed by atoms with van der Waals surface area (Å²) in [5.41, 5.74) is 6.65. The van der Waals surface area contributed by atoms with Gasteiger partial charge in [0.15, 0.2) is 0 Å². The van der Waals surface area contributed by atoms with E-state index in [0.29, 0.717) is 0 Å². The number of hydrogen-bond donors (Lipinski definition) is 0. The molecule has 0 fully saturated rings. The van der Waals surface area contributed by atoms with Crippen LogP contribution in [-0.2, 0) is 13.0 Å². The van der Waals surface area contributed by atoms with Crippen molar-refractivity contribution in [1.82, 2.24) is 19.7 Å². The Balaban J connectivity index is 1.83. The van der Waals surface area contributed by atoms with Crippen molar-refractivity contribution in [2.45, 2.75) is 24.3 Å². The minimum Gasteiger partial charge on any atom is -0.268 e. The molecule has 0 radical (unpaired) electrons. The zero-order valence-corrected chi connectivity index (χ0v) is 15.3. The highest BCUT2D eigenvalue weighted by Crippen LogP contribution is 2.40. The Morgan fingerprint density at radius 3 is 2.85 bits per heavy atom. The molecule has 26 heavy (non-hydrogen) atoms. The monoisotopic (exact) mass is 358 g/mol. The van der Waals surface area contributed by atoms with Crippen LogP contribution in [0, 0.1) is 0 Å². The predicted molar refractivity (Wildman–Crippen MR) is 106 cm³/mol. The first-order chi connectivity index (χ1) is 12.8. The van der Waals surface area contributed by atoms with Crippen LogP contribution in [0.1, 0.15) is 12.1 Å². The third-order valence-corrected chi connectivity index (χ3v) is 5.69. The molecule has 0 N–H and O–H groups in total. The lowest BCUT2D eigenvalue weighted by Crippen LogP contribution is -1.94. The van der Waals surface area contributed by atoms with Crippen molar-refractivity contribution in [3.8, 4) is 22.5 Å². The normalized spacial score (nSPS) is 13.3. The maximum Gasteiger partial charge on any atom is 0.119 e. The topological polar surface area (TPSA) is 43.6 Å². The summed E-state index contributed by atoms with van der Waals surface area (Å²) < 4.78 is 2.16. The molecule has 0 atom stereocenters. The van der Waals surface area contributed by atoms with Gasteiger partial charge in [0, 0.05) is 40.5 Å². The molecule has 0 bridgehead atoms. The van der Waals surface area contributed by atoms with Crippen molar-refractivity contribution < 1.29 is 0 Å². The molecular weight excluding hydrogens is 340 g/mol. The van der Waals surface area contributed by atoms with E-state index >= 15 is 0 Å². The van der Waals surface area contributed by atoms with E-state index in [2.05, 4.69) is 45.2 Å². The first-order valence-corrected chi connectivity index (χ1v) is 10.0. The van der Waals surface area contributed by atoms with E-state index in [4.69, 9.17) is 5.10 Å². The van der Waals surface area contributed by atoms with Crippen molar-refractivity contribution in [2.24, 2.45) is 0 Å². The SMILES string of the molecule is CSc1ccc2nccc(-c3c(-c4ccccn4)nn4c3CCC4)c2c1. The van der Waals surface area contributed by atoms with Crippen LogP contribution in [0.5, 0.6) is 0 Å². The number of benzene rings is 1. The third-order valence-electron chi connectivity index (χ3n) is 4.97. The highest BCUT2D eigenvalue weighted by Gasteiger charge is 2.25. The molecule has 4 heterocycles. The Labute approximate surface area is 156 Å². The van der Waals surface area contributed by atoms with Crippen molar-refractivity contribution in [2.75, 3.05) is 6.26 Å². The van der Waals surface area contributed by atoms with Crippen LogP contribution in [0.25, 0.3) is 33.4 Å². The van der Waals surface area contributed by atoms with Gasteiger partial charge in [-0.05, 0) is 61.1 Å². The second-order valence-electron chi connectivity index (χ2n) is 6.45. The van der Waals surface area contributed by atoms with E-state index in [9.17, 15) is 0 Å². The molecule has 5 rings (SSSR count).